The third kappa shape index (κ3) is 7.75. The number of nitrogens with zero attached hydrogens (tertiary/aromatic N) is 2. The van der Waals surface area contributed by atoms with Crippen LogP contribution in [0.1, 0.15) is 12.0 Å². The fraction of sp³-hybridized carbons (Fsp3) is 0.409. The fourth-order valence-corrected chi connectivity index (χ4v) is 3.35. The largest absolute Gasteiger partial charge is 0.573 e. The van der Waals surface area contributed by atoms with Crippen LogP contribution in [0.2, 0.25) is 0 Å². The molecule has 0 aromatic heterocycles. The minimum Gasteiger partial charge on any atom is -0.492 e. The van der Waals surface area contributed by atoms with Crippen molar-refractivity contribution in [3.8, 4) is 11.5 Å². The smallest absolute Gasteiger partial charge is 0.492 e. The number of halogens is 4. The van der Waals surface area contributed by atoms with Crippen LogP contribution in [0.5, 0.6) is 11.5 Å². The van der Waals surface area contributed by atoms with E-state index in [9.17, 15) is 22.4 Å². The van der Waals surface area contributed by atoms with Gasteiger partial charge < -0.3 is 14.4 Å². The molecule has 3 rings (SSSR count). The lowest BCUT2D eigenvalue weighted by Crippen LogP contribution is -2.49. The van der Waals surface area contributed by atoms with E-state index >= 15 is 0 Å². The Kier molecular flexibility index (Phi) is 7.73. The molecule has 0 unspecified atom stereocenters. The van der Waals surface area contributed by atoms with Crippen LogP contribution in [0.3, 0.4) is 0 Å². The Balaban J connectivity index is 1.36. The summed E-state index contributed by atoms with van der Waals surface area (Å²) in [6.45, 7) is 3.78. The van der Waals surface area contributed by atoms with Gasteiger partial charge in [0.25, 0.3) is 0 Å². The predicted octanol–water partition coefficient (Wildman–Crippen LogP) is 3.88. The Labute approximate surface area is 178 Å². The highest BCUT2D eigenvalue weighted by atomic mass is 19.4. The van der Waals surface area contributed by atoms with E-state index in [1.165, 1.54) is 30.3 Å². The van der Waals surface area contributed by atoms with Crippen LogP contribution in [-0.4, -0.2) is 61.4 Å². The van der Waals surface area contributed by atoms with Crippen molar-refractivity contribution in [3.05, 3.63) is 59.9 Å². The number of carbonyl (C=O) groups excluding carboxylic acids is 1. The first kappa shape index (κ1) is 22.9. The van der Waals surface area contributed by atoms with E-state index < -0.39 is 6.36 Å². The summed E-state index contributed by atoms with van der Waals surface area (Å²) in [4.78, 5) is 16.4. The van der Waals surface area contributed by atoms with Gasteiger partial charge in [0.2, 0.25) is 5.91 Å². The molecule has 168 valence electrons. The number of benzene rings is 2. The standard InChI is InChI=1S/C22H24F4N2O3/c23-18-5-7-19(8-6-18)30-15-14-27-10-12-28(13-11-27)21(29)9-4-17-2-1-3-20(16-17)31-22(24,25)26/h1-3,5-8,16H,4,9-15H2. The number of amides is 1. The Hall–Kier alpha value is -2.81. The second-order valence-corrected chi connectivity index (χ2v) is 7.22. The molecule has 0 N–H and O–H groups in total. The van der Waals surface area contributed by atoms with Gasteiger partial charge in [-0.15, -0.1) is 13.2 Å². The van der Waals surface area contributed by atoms with Gasteiger partial charge in [0, 0.05) is 39.1 Å². The second-order valence-electron chi connectivity index (χ2n) is 7.22. The van der Waals surface area contributed by atoms with Gasteiger partial charge in [0.1, 0.15) is 23.9 Å². The van der Waals surface area contributed by atoms with E-state index in [1.54, 1.807) is 23.1 Å². The van der Waals surface area contributed by atoms with Crippen LogP contribution >= 0.6 is 0 Å². The van der Waals surface area contributed by atoms with Crippen molar-refractivity contribution >= 4 is 5.91 Å². The van der Waals surface area contributed by atoms with Crippen LogP contribution in [0.15, 0.2) is 48.5 Å². The first-order valence-electron chi connectivity index (χ1n) is 10.0. The number of hydrogen-bond acceptors (Lipinski definition) is 4. The molecule has 1 heterocycles. The average molecular weight is 440 g/mol. The van der Waals surface area contributed by atoms with E-state index in [-0.39, 0.29) is 23.9 Å². The number of piperazine rings is 1. The third-order valence-corrected chi connectivity index (χ3v) is 4.97. The highest BCUT2D eigenvalue weighted by molar-refractivity contribution is 5.76. The topological polar surface area (TPSA) is 42.0 Å². The summed E-state index contributed by atoms with van der Waals surface area (Å²) in [5.74, 6) is -0.00586. The van der Waals surface area contributed by atoms with Gasteiger partial charge in [-0.1, -0.05) is 12.1 Å². The molecule has 0 bridgehead atoms. The van der Waals surface area contributed by atoms with Crippen molar-refractivity contribution < 1.29 is 31.8 Å². The molecular formula is C22H24F4N2O3. The fourth-order valence-electron chi connectivity index (χ4n) is 3.35. The van der Waals surface area contributed by atoms with Gasteiger partial charge in [-0.2, -0.15) is 0 Å². The molecule has 1 saturated heterocycles. The average Bonchev–Trinajstić information content (AvgIpc) is 2.73. The van der Waals surface area contributed by atoms with E-state index in [0.29, 0.717) is 57.1 Å². The van der Waals surface area contributed by atoms with Gasteiger partial charge in [0.15, 0.2) is 0 Å². The number of hydrogen-bond donors (Lipinski definition) is 0. The number of ether oxygens (including phenoxy) is 2. The summed E-state index contributed by atoms with van der Waals surface area (Å²) in [6, 6.07) is 11.5. The molecule has 5 nitrogen and oxygen atoms in total. The molecule has 0 aliphatic carbocycles. The van der Waals surface area contributed by atoms with Crippen LogP contribution in [0.4, 0.5) is 17.6 Å². The van der Waals surface area contributed by atoms with E-state index in [4.69, 9.17) is 4.74 Å². The van der Waals surface area contributed by atoms with Crippen molar-refractivity contribution in [2.45, 2.75) is 19.2 Å². The lowest BCUT2D eigenvalue weighted by Gasteiger charge is -2.34. The molecule has 2 aromatic carbocycles. The summed E-state index contributed by atoms with van der Waals surface area (Å²) >= 11 is 0. The molecule has 1 aliphatic rings. The molecule has 9 heteroatoms. The summed E-state index contributed by atoms with van der Waals surface area (Å²) in [6.07, 6.45) is -4.17. The van der Waals surface area contributed by atoms with Gasteiger partial charge in [0.05, 0.1) is 0 Å². The Bertz CT molecular complexity index is 851. The highest BCUT2D eigenvalue weighted by Crippen LogP contribution is 2.24. The molecule has 0 saturated carbocycles. The third-order valence-electron chi connectivity index (χ3n) is 4.97. The van der Waals surface area contributed by atoms with Crippen LogP contribution in [0.25, 0.3) is 0 Å². The van der Waals surface area contributed by atoms with Crippen molar-refractivity contribution in [2.24, 2.45) is 0 Å². The number of aryl methyl sites for hydroxylation is 1. The van der Waals surface area contributed by atoms with Gasteiger partial charge in [-0.25, -0.2) is 4.39 Å². The maximum Gasteiger partial charge on any atom is 0.573 e. The molecule has 0 spiro atoms. The van der Waals surface area contributed by atoms with E-state index in [2.05, 4.69) is 9.64 Å². The van der Waals surface area contributed by atoms with E-state index in [0.717, 1.165) is 0 Å². The van der Waals surface area contributed by atoms with Crippen molar-refractivity contribution in [1.29, 1.82) is 0 Å². The van der Waals surface area contributed by atoms with Crippen molar-refractivity contribution in [2.75, 3.05) is 39.3 Å². The number of rotatable bonds is 8. The zero-order valence-electron chi connectivity index (χ0n) is 16.9. The molecule has 0 atom stereocenters. The number of alkyl halides is 3. The minimum absolute atomic E-state index is 0.0237. The van der Waals surface area contributed by atoms with Crippen LogP contribution < -0.4 is 9.47 Å². The Morgan fingerprint density at radius 1 is 0.968 bits per heavy atom. The Morgan fingerprint density at radius 3 is 2.35 bits per heavy atom. The summed E-state index contributed by atoms with van der Waals surface area (Å²) in [5, 5.41) is 0. The zero-order chi connectivity index (χ0) is 22.3. The monoisotopic (exact) mass is 440 g/mol. The van der Waals surface area contributed by atoms with Gasteiger partial charge in [-0.3, -0.25) is 9.69 Å². The normalized spacial score (nSPS) is 15.0. The first-order chi connectivity index (χ1) is 14.8. The lowest BCUT2D eigenvalue weighted by atomic mass is 10.1. The Morgan fingerprint density at radius 2 is 1.68 bits per heavy atom. The highest BCUT2D eigenvalue weighted by Gasteiger charge is 2.31. The molecular weight excluding hydrogens is 416 g/mol. The van der Waals surface area contributed by atoms with Gasteiger partial charge in [-0.05, 0) is 48.4 Å². The van der Waals surface area contributed by atoms with Crippen molar-refractivity contribution in [3.63, 3.8) is 0 Å². The second kappa shape index (κ2) is 10.5. The molecule has 0 radical (unpaired) electrons. The van der Waals surface area contributed by atoms with Crippen LogP contribution in [-0.2, 0) is 11.2 Å². The SMILES string of the molecule is O=C(CCc1cccc(OC(F)(F)F)c1)N1CCN(CCOc2ccc(F)cc2)CC1. The maximum atomic E-state index is 12.9. The van der Waals surface area contributed by atoms with Crippen LogP contribution in [0, 0.1) is 5.82 Å². The summed E-state index contributed by atoms with van der Waals surface area (Å²) < 4.78 is 59.4. The molecule has 2 aromatic rings. The molecule has 1 amide bonds. The summed E-state index contributed by atoms with van der Waals surface area (Å²) in [5.41, 5.74) is 0.617. The van der Waals surface area contributed by atoms with Gasteiger partial charge >= 0.3 is 6.36 Å². The lowest BCUT2D eigenvalue weighted by molar-refractivity contribution is -0.274. The predicted molar refractivity (Wildman–Crippen MR) is 106 cm³/mol. The van der Waals surface area contributed by atoms with Crippen molar-refractivity contribution in [1.82, 2.24) is 9.80 Å². The molecule has 1 aliphatic heterocycles. The first-order valence-corrected chi connectivity index (χ1v) is 10.0. The zero-order valence-corrected chi connectivity index (χ0v) is 16.9. The maximum absolute atomic E-state index is 12.9. The molecule has 1 fully saturated rings. The summed E-state index contributed by atoms with van der Waals surface area (Å²) in [7, 11) is 0. The minimum atomic E-state index is -4.74. The quantitative estimate of drug-likeness (QED) is 0.585. The molecule has 31 heavy (non-hydrogen) atoms. The van der Waals surface area contributed by atoms with E-state index in [1.807, 2.05) is 0 Å². The number of carbonyl (C=O) groups is 1.